The van der Waals surface area contributed by atoms with Gasteiger partial charge in [0, 0.05) is 25.0 Å². The molecule has 1 amide bonds. The highest BCUT2D eigenvalue weighted by molar-refractivity contribution is 5.79. The van der Waals surface area contributed by atoms with E-state index in [4.69, 9.17) is 9.57 Å². The summed E-state index contributed by atoms with van der Waals surface area (Å²) in [5, 5.41) is 0. The van der Waals surface area contributed by atoms with Crippen molar-refractivity contribution in [2.24, 2.45) is 0 Å². The van der Waals surface area contributed by atoms with Crippen LogP contribution in [0, 0.1) is 0 Å². The van der Waals surface area contributed by atoms with Crippen LogP contribution in [0.3, 0.4) is 0 Å². The van der Waals surface area contributed by atoms with Crippen molar-refractivity contribution in [1.82, 2.24) is 5.48 Å². The second-order valence-electron chi connectivity index (χ2n) is 7.35. The normalized spacial score (nSPS) is 16.8. The summed E-state index contributed by atoms with van der Waals surface area (Å²) in [6, 6.07) is 5.76. The quantitative estimate of drug-likeness (QED) is 0.304. The lowest BCUT2D eigenvalue weighted by Gasteiger charge is -2.22. The van der Waals surface area contributed by atoms with Crippen LogP contribution in [0.25, 0.3) is 0 Å². The fourth-order valence-corrected chi connectivity index (χ4v) is 3.18. The van der Waals surface area contributed by atoms with Crippen molar-refractivity contribution >= 4 is 11.9 Å². The first-order chi connectivity index (χ1) is 14.4. The number of carbonyl (C=O) groups excluding carboxylic acids is 2. The standard InChI is InChI=1S/C22H31F2NO5/c1-2-28-21(27)22(23,24)18-14-12-17(13-15-18)9-5-3-4-6-10-19(26)25-30-20-11-7-8-16-29-20/h12-15,20H,2-11,16H2,1H3,(H,25,26). The van der Waals surface area contributed by atoms with Gasteiger partial charge in [-0.25, -0.2) is 15.1 Å². The monoisotopic (exact) mass is 427 g/mol. The summed E-state index contributed by atoms with van der Waals surface area (Å²) < 4.78 is 37.7. The Morgan fingerprint density at radius 3 is 2.53 bits per heavy atom. The largest absolute Gasteiger partial charge is 0.461 e. The summed E-state index contributed by atoms with van der Waals surface area (Å²) >= 11 is 0. The molecular formula is C22H31F2NO5. The van der Waals surface area contributed by atoms with Crippen molar-refractivity contribution in [3.63, 3.8) is 0 Å². The van der Waals surface area contributed by atoms with Gasteiger partial charge in [-0.1, -0.05) is 37.1 Å². The van der Waals surface area contributed by atoms with Crippen LogP contribution in [0.15, 0.2) is 24.3 Å². The number of amides is 1. The predicted octanol–water partition coefficient (Wildman–Crippen LogP) is 4.41. The molecule has 6 nitrogen and oxygen atoms in total. The van der Waals surface area contributed by atoms with E-state index in [1.165, 1.54) is 19.1 Å². The molecule has 2 rings (SSSR count). The van der Waals surface area contributed by atoms with Crippen LogP contribution in [0.1, 0.15) is 69.4 Å². The van der Waals surface area contributed by atoms with E-state index in [9.17, 15) is 18.4 Å². The predicted molar refractivity (Wildman–Crippen MR) is 107 cm³/mol. The summed E-state index contributed by atoms with van der Waals surface area (Å²) in [6.45, 7) is 2.07. The van der Waals surface area contributed by atoms with E-state index in [1.54, 1.807) is 12.1 Å². The van der Waals surface area contributed by atoms with E-state index in [2.05, 4.69) is 10.2 Å². The minimum atomic E-state index is -3.64. The van der Waals surface area contributed by atoms with E-state index in [0.717, 1.165) is 56.9 Å². The molecule has 0 aliphatic carbocycles. The molecule has 1 aromatic carbocycles. The Hall–Kier alpha value is -2.06. The molecule has 1 aliphatic heterocycles. The summed E-state index contributed by atoms with van der Waals surface area (Å²) in [7, 11) is 0. The molecule has 168 valence electrons. The molecule has 1 saturated heterocycles. The molecule has 0 bridgehead atoms. The molecule has 0 spiro atoms. The molecule has 0 radical (unpaired) electrons. The maximum Gasteiger partial charge on any atom is 0.381 e. The Balaban J connectivity index is 1.58. The number of esters is 1. The van der Waals surface area contributed by atoms with Crippen LogP contribution in [0.2, 0.25) is 0 Å². The number of alkyl halides is 2. The van der Waals surface area contributed by atoms with Crippen molar-refractivity contribution < 1.29 is 32.7 Å². The molecule has 0 aromatic heterocycles. The number of nitrogens with one attached hydrogen (secondary N) is 1. The van der Waals surface area contributed by atoms with E-state index in [-0.39, 0.29) is 24.4 Å². The van der Waals surface area contributed by atoms with Crippen molar-refractivity contribution in [2.75, 3.05) is 13.2 Å². The molecule has 1 N–H and O–H groups in total. The van der Waals surface area contributed by atoms with Crippen LogP contribution in [-0.4, -0.2) is 31.4 Å². The summed E-state index contributed by atoms with van der Waals surface area (Å²) in [5.41, 5.74) is 3.01. The Labute approximate surface area is 176 Å². The van der Waals surface area contributed by atoms with Gasteiger partial charge in [0.1, 0.15) is 0 Å². The molecule has 1 heterocycles. The van der Waals surface area contributed by atoms with Crippen LogP contribution < -0.4 is 5.48 Å². The fraction of sp³-hybridized carbons (Fsp3) is 0.636. The molecule has 1 fully saturated rings. The Morgan fingerprint density at radius 1 is 1.13 bits per heavy atom. The van der Waals surface area contributed by atoms with Gasteiger partial charge >= 0.3 is 11.9 Å². The van der Waals surface area contributed by atoms with Crippen LogP contribution >= 0.6 is 0 Å². The number of aryl methyl sites for hydroxylation is 1. The lowest BCUT2D eigenvalue weighted by atomic mass is 10.0. The molecule has 1 atom stereocenters. The van der Waals surface area contributed by atoms with Crippen molar-refractivity contribution in [3.8, 4) is 0 Å². The van der Waals surface area contributed by atoms with E-state index in [0.29, 0.717) is 13.0 Å². The molecule has 30 heavy (non-hydrogen) atoms. The minimum Gasteiger partial charge on any atom is -0.461 e. The molecule has 8 heteroatoms. The summed E-state index contributed by atoms with van der Waals surface area (Å²) in [6.07, 6.45) is 7.13. The Morgan fingerprint density at radius 2 is 1.87 bits per heavy atom. The number of hydrogen-bond donors (Lipinski definition) is 1. The Bertz CT molecular complexity index is 660. The molecular weight excluding hydrogens is 396 g/mol. The zero-order valence-electron chi connectivity index (χ0n) is 17.5. The van der Waals surface area contributed by atoms with Crippen LogP contribution in [-0.2, 0) is 36.2 Å². The SMILES string of the molecule is CCOC(=O)C(F)(F)c1ccc(CCCCCCC(=O)NOC2CCCCO2)cc1. The van der Waals surface area contributed by atoms with Gasteiger partial charge in [0.15, 0.2) is 6.29 Å². The first kappa shape index (κ1) is 24.2. The van der Waals surface area contributed by atoms with E-state index < -0.39 is 11.9 Å². The molecule has 1 aliphatic rings. The van der Waals surface area contributed by atoms with E-state index >= 15 is 0 Å². The third-order valence-corrected chi connectivity index (χ3v) is 4.91. The number of benzene rings is 1. The van der Waals surface area contributed by atoms with Gasteiger partial charge in [0.05, 0.1) is 6.61 Å². The molecule has 1 unspecified atom stereocenters. The van der Waals surface area contributed by atoms with Crippen molar-refractivity contribution in [2.45, 2.75) is 76.9 Å². The van der Waals surface area contributed by atoms with E-state index in [1.807, 2.05) is 0 Å². The minimum absolute atomic E-state index is 0.0872. The Kier molecular flexibility index (Phi) is 10.2. The van der Waals surface area contributed by atoms with Gasteiger partial charge in [-0.05, 0) is 44.6 Å². The average molecular weight is 427 g/mol. The number of hydrogen-bond acceptors (Lipinski definition) is 5. The first-order valence-corrected chi connectivity index (χ1v) is 10.6. The zero-order chi connectivity index (χ0) is 21.8. The second kappa shape index (κ2) is 12.6. The first-order valence-electron chi connectivity index (χ1n) is 10.6. The fourth-order valence-electron chi connectivity index (χ4n) is 3.18. The number of unbranched alkanes of at least 4 members (excludes halogenated alkanes) is 3. The van der Waals surface area contributed by atoms with Gasteiger partial charge < -0.3 is 9.47 Å². The average Bonchev–Trinajstić information content (AvgIpc) is 2.76. The highest BCUT2D eigenvalue weighted by Crippen LogP contribution is 2.29. The lowest BCUT2D eigenvalue weighted by Crippen LogP contribution is -2.32. The third-order valence-electron chi connectivity index (χ3n) is 4.91. The second-order valence-corrected chi connectivity index (χ2v) is 7.35. The van der Waals surface area contributed by atoms with Gasteiger partial charge in [-0.3, -0.25) is 4.79 Å². The van der Waals surface area contributed by atoms with Crippen LogP contribution in [0.4, 0.5) is 8.78 Å². The van der Waals surface area contributed by atoms with Crippen LogP contribution in [0.5, 0.6) is 0 Å². The zero-order valence-corrected chi connectivity index (χ0v) is 17.5. The van der Waals surface area contributed by atoms with Gasteiger partial charge in [0.25, 0.3) is 0 Å². The van der Waals surface area contributed by atoms with Crippen molar-refractivity contribution in [1.29, 1.82) is 0 Å². The lowest BCUT2D eigenvalue weighted by molar-refractivity contribution is -0.200. The maximum atomic E-state index is 14.0. The third kappa shape index (κ3) is 7.99. The molecule has 1 aromatic rings. The number of halogens is 2. The smallest absolute Gasteiger partial charge is 0.381 e. The van der Waals surface area contributed by atoms with Crippen molar-refractivity contribution in [3.05, 3.63) is 35.4 Å². The number of rotatable bonds is 12. The van der Waals surface area contributed by atoms with Gasteiger partial charge in [0.2, 0.25) is 5.91 Å². The highest BCUT2D eigenvalue weighted by Gasteiger charge is 2.42. The maximum absolute atomic E-state index is 14.0. The number of ether oxygens (including phenoxy) is 2. The highest BCUT2D eigenvalue weighted by atomic mass is 19.3. The number of carbonyl (C=O) groups is 2. The summed E-state index contributed by atoms with van der Waals surface area (Å²) in [5.74, 6) is -5.32. The van der Waals surface area contributed by atoms with Gasteiger partial charge in [-0.2, -0.15) is 8.78 Å². The summed E-state index contributed by atoms with van der Waals surface area (Å²) in [4.78, 5) is 28.4. The number of hydroxylamine groups is 1. The molecule has 0 saturated carbocycles. The topological polar surface area (TPSA) is 73.9 Å². The van der Waals surface area contributed by atoms with Gasteiger partial charge in [-0.15, -0.1) is 0 Å².